The van der Waals surface area contributed by atoms with E-state index in [0.29, 0.717) is 31.2 Å². The Hall–Kier alpha value is -2.04. The molecule has 0 aliphatic heterocycles. The van der Waals surface area contributed by atoms with E-state index < -0.39 is 5.97 Å². The number of aryl methyl sites for hydroxylation is 1. The SMILES string of the molecule is Cc1cc(O)ccc1C(=O)NC1CCC(C(=O)O)CC1. The van der Waals surface area contributed by atoms with Crippen LogP contribution in [0.15, 0.2) is 18.2 Å². The molecule has 1 fully saturated rings. The Morgan fingerprint density at radius 1 is 1.20 bits per heavy atom. The van der Waals surface area contributed by atoms with E-state index in [1.54, 1.807) is 19.1 Å². The molecule has 5 nitrogen and oxygen atoms in total. The highest BCUT2D eigenvalue weighted by atomic mass is 16.4. The molecule has 2 rings (SSSR count). The van der Waals surface area contributed by atoms with Crippen molar-refractivity contribution in [1.82, 2.24) is 5.32 Å². The molecule has 0 atom stereocenters. The number of carbonyl (C=O) groups excluding carboxylic acids is 1. The average molecular weight is 277 g/mol. The van der Waals surface area contributed by atoms with Gasteiger partial charge in [-0.1, -0.05) is 0 Å². The third-order valence-electron chi connectivity index (χ3n) is 3.87. The molecule has 1 saturated carbocycles. The Morgan fingerprint density at radius 3 is 2.40 bits per heavy atom. The second kappa shape index (κ2) is 5.94. The fourth-order valence-electron chi connectivity index (χ4n) is 2.65. The zero-order chi connectivity index (χ0) is 14.7. The number of rotatable bonds is 3. The number of hydrogen-bond acceptors (Lipinski definition) is 3. The van der Waals surface area contributed by atoms with Gasteiger partial charge in [-0.15, -0.1) is 0 Å². The minimum atomic E-state index is -0.746. The number of aromatic hydroxyl groups is 1. The molecule has 20 heavy (non-hydrogen) atoms. The molecule has 0 radical (unpaired) electrons. The summed E-state index contributed by atoms with van der Waals surface area (Å²) in [5.74, 6) is -1.05. The van der Waals surface area contributed by atoms with E-state index in [4.69, 9.17) is 5.11 Å². The van der Waals surface area contributed by atoms with Crippen molar-refractivity contribution >= 4 is 11.9 Å². The standard InChI is InChI=1S/C15H19NO4/c1-9-8-12(17)6-7-13(9)14(18)16-11-4-2-10(3-5-11)15(19)20/h6-8,10-11,17H,2-5H2,1H3,(H,16,18)(H,19,20). The largest absolute Gasteiger partial charge is 0.508 e. The molecule has 0 unspecified atom stereocenters. The maximum absolute atomic E-state index is 12.2. The summed E-state index contributed by atoms with van der Waals surface area (Å²) in [5, 5.41) is 21.2. The van der Waals surface area contributed by atoms with E-state index in [0.717, 1.165) is 5.56 Å². The van der Waals surface area contributed by atoms with Crippen LogP contribution in [0.3, 0.4) is 0 Å². The Bertz CT molecular complexity index is 519. The van der Waals surface area contributed by atoms with Crippen molar-refractivity contribution in [2.24, 2.45) is 5.92 Å². The van der Waals surface area contributed by atoms with E-state index in [9.17, 15) is 14.7 Å². The van der Waals surface area contributed by atoms with Crippen LogP contribution in [0.5, 0.6) is 5.75 Å². The van der Waals surface area contributed by atoms with Gasteiger partial charge in [-0.05, 0) is 56.4 Å². The lowest BCUT2D eigenvalue weighted by atomic mass is 9.86. The Kier molecular flexibility index (Phi) is 4.27. The average Bonchev–Trinajstić information content (AvgIpc) is 2.39. The van der Waals surface area contributed by atoms with E-state index in [1.165, 1.54) is 6.07 Å². The monoisotopic (exact) mass is 277 g/mol. The third kappa shape index (κ3) is 3.29. The lowest BCUT2D eigenvalue weighted by Crippen LogP contribution is -2.38. The van der Waals surface area contributed by atoms with Crippen LogP contribution in [0.25, 0.3) is 0 Å². The van der Waals surface area contributed by atoms with Gasteiger partial charge in [0.05, 0.1) is 5.92 Å². The maximum Gasteiger partial charge on any atom is 0.306 e. The molecule has 1 aliphatic carbocycles. The van der Waals surface area contributed by atoms with Crippen LogP contribution in [0, 0.1) is 12.8 Å². The number of carbonyl (C=O) groups is 2. The second-order valence-corrected chi connectivity index (χ2v) is 5.36. The van der Waals surface area contributed by atoms with Gasteiger partial charge in [0.2, 0.25) is 0 Å². The summed E-state index contributed by atoms with van der Waals surface area (Å²) in [7, 11) is 0. The molecule has 1 aliphatic rings. The number of aliphatic carboxylic acids is 1. The Labute approximate surface area is 117 Å². The minimum absolute atomic E-state index is 0.0336. The van der Waals surface area contributed by atoms with Crippen LogP contribution in [-0.2, 0) is 4.79 Å². The lowest BCUT2D eigenvalue weighted by Gasteiger charge is -2.27. The van der Waals surface area contributed by atoms with Crippen molar-refractivity contribution in [3.63, 3.8) is 0 Å². The van der Waals surface area contributed by atoms with Gasteiger partial charge in [-0.3, -0.25) is 9.59 Å². The Morgan fingerprint density at radius 2 is 1.85 bits per heavy atom. The first-order chi connectivity index (χ1) is 9.47. The molecule has 0 aromatic heterocycles. The number of benzene rings is 1. The second-order valence-electron chi connectivity index (χ2n) is 5.36. The van der Waals surface area contributed by atoms with E-state index in [1.807, 2.05) is 0 Å². The third-order valence-corrected chi connectivity index (χ3v) is 3.87. The van der Waals surface area contributed by atoms with Crippen molar-refractivity contribution in [3.05, 3.63) is 29.3 Å². The summed E-state index contributed by atoms with van der Waals surface area (Å²) in [6.07, 6.45) is 2.60. The van der Waals surface area contributed by atoms with Crippen LogP contribution >= 0.6 is 0 Å². The van der Waals surface area contributed by atoms with Gasteiger partial charge in [-0.2, -0.15) is 0 Å². The number of carboxylic acids is 1. The summed E-state index contributed by atoms with van der Waals surface area (Å²) in [6.45, 7) is 1.77. The van der Waals surface area contributed by atoms with E-state index in [2.05, 4.69) is 5.32 Å². The quantitative estimate of drug-likeness (QED) is 0.789. The van der Waals surface area contributed by atoms with Crippen molar-refractivity contribution in [2.75, 3.05) is 0 Å². The molecule has 5 heteroatoms. The molecule has 108 valence electrons. The molecule has 0 bridgehead atoms. The van der Waals surface area contributed by atoms with Gasteiger partial charge < -0.3 is 15.5 Å². The van der Waals surface area contributed by atoms with Gasteiger partial charge in [0.1, 0.15) is 5.75 Å². The Balaban J connectivity index is 1.94. The van der Waals surface area contributed by atoms with Crippen LogP contribution in [0.1, 0.15) is 41.6 Å². The van der Waals surface area contributed by atoms with Crippen LogP contribution in [-0.4, -0.2) is 28.1 Å². The molecule has 3 N–H and O–H groups in total. The summed E-state index contributed by atoms with van der Waals surface area (Å²) in [5.41, 5.74) is 1.27. The summed E-state index contributed by atoms with van der Waals surface area (Å²) in [6, 6.07) is 4.67. The molecule has 1 aromatic rings. The number of phenolic OH excluding ortho intramolecular Hbond substituents is 1. The van der Waals surface area contributed by atoms with Crippen LogP contribution in [0.2, 0.25) is 0 Å². The van der Waals surface area contributed by atoms with Crippen LogP contribution < -0.4 is 5.32 Å². The first-order valence-electron chi connectivity index (χ1n) is 6.80. The highest BCUT2D eigenvalue weighted by molar-refractivity contribution is 5.96. The zero-order valence-electron chi connectivity index (χ0n) is 11.4. The molecule has 0 spiro atoms. The predicted octanol–water partition coefficient (Wildman–Crippen LogP) is 2.07. The van der Waals surface area contributed by atoms with Gasteiger partial charge in [0.15, 0.2) is 0 Å². The zero-order valence-corrected chi connectivity index (χ0v) is 11.4. The summed E-state index contributed by atoms with van der Waals surface area (Å²) < 4.78 is 0. The minimum Gasteiger partial charge on any atom is -0.508 e. The number of nitrogens with one attached hydrogen (secondary N) is 1. The van der Waals surface area contributed by atoms with Crippen LogP contribution in [0.4, 0.5) is 0 Å². The molecular weight excluding hydrogens is 258 g/mol. The molecular formula is C15H19NO4. The van der Waals surface area contributed by atoms with Gasteiger partial charge >= 0.3 is 5.97 Å². The predicted molar refractivity (Wildman–Crippen MR) is 73.7 cm³/mol. The van der Waals surface area contributed by atoms with E-state index in [-0.39, 0.29) is 23.6 Å². The lowest BCUT2D eigenvalue weighted by molar-refractivity contribution is -0.142. The van der Waals surface area contributed by atoms with E-state index >= 15 is 0 Å². The highest BCUT2D eigenvalue weighted by Gasteiger charge is 2.27. The fraction of sp³-hybridized carbons (Fsp3) is 0.467. The maximum atomic E-state index is 12.2. The van der Waals surface area contributed by atoms with Gasteiger partial charge in [-0.25, -0.2) is 0 Å². The number of phenols is 1. The first kappa shape index (κ1) is 14.4. The molecule has 1 aromatic carbocycles. The number of hydrogen-bond donors (Lipinski definition) is 3. The van der Waals surface area contributed by atoms with Gasteiger partial charge in [0.25, 0.3) is 5.91 Å². The van der Waals surface area contributed by atoms with Crippen molar-refractivity contribution in [1.29, 1.82) is 0 Å². The smallest absolute Gasteiger partial charge is 0.306 e. The van der Waals surface area contributed by atoms with Crippen molar-refractivity contribution < 1.29 is 19.8 Å². The highest BCUT2D eigenvalue weighted by Crippen LogP contribution is 2.25. The molecule has 0 heterocycles. The topological polar surface area (TPSA) is 86.6 Å². The molecule has 1 amide bonds. The number of amides is 1. The van der Waals surface area contributed by atoms with Crippen molar-refractivity contribution in [3.8, 4) is 5.75 Å². The van der Waals surface area contributed by atoms with Crippen molar-refractivity contribution in [2.45, 2.75) is 38.6 Å². The van der Waals surface area contributed by atoms with Gasteiger partial charge in [0, 0.05) is 11.6 Å². The first-order valence-corrected chi connectivity index (χ1v) is 6.80. The normalized spacial score (nSPS) is 22.2. The fourth-order valence-corrected chi connectivity index (χ4v) is 2.65. The summed E-state index contributed by atoms with van der Waals surface area (Å²) >= 11 is 0. The molecule has 0 saturated heterocycles. The summed E-state index contributed by atoms with van der Waals surface area (Å²) in [4.78, 5) is 23.0. The number of carboxylic acid groups (broad SMARTS) is 1.